The summed E-state index contributed by atoms with van der Waals surface area (Å²) in [5.41, 5.74) is 1.84. The van der Waals surface area contributed by atoms with Crippen LogP contribution in [0.5, 0.6) is 0 Å². The van der Waals surface area contributed by atoms with Crippen molar-refractivity contribution >= 4 is 47.3 Å². The number of carboxylic acid groups (broad SMARTS) is 1. The van der Waals surface area contributed by atoms with Crippen molar-refractivity contribution in [3.05, 3.63) is 11.6 Å². The Bertz CT molecular complexity index is 2440. The van der Waals surface area contributed by atoms with Gasteiger partial charge in [0.1, 0.15) is 43.5 Å². The first-order chi connectivity index (χ1) is 49.0. The van der Waals surface area contributed by atoms with Crippen LogP contribution in [-0.4, -0.2) is 121 Å². The number of carboxylic acids is 1. The molecule has 0 aromatic rings. The van der Waals surface area contributed by atoms with Crippen LogP contribution in [0.2, 0.25) is 0 Å². The number of amides is 1. The molecule has 1 N–H and O–H groups in total. The number of unbranched alkanes of at least 4 members (excludes halogenated alkanes) is 19. The average Bonchev–Trinajstić information content (AvgIpc) is 1.37. The van der Waals surface area contributed by atoms with Crippen molar-refractivity contribution in [3.8, 4) is 0 Å². The fourth-order valence-electron chi connectivity index (χ4n) is 18.8. The minimum Gasteiger partial charge on any atom is -0.480 e. The maximum absolute atomic E-state index is 13.6. The second-order valence-electron chi connectivity index (χ2n) is 33.8. The average molecular weight is 1430 g/mol. The van der Waals surface area contributed by atoms with Gasteiger partial charge >= 0.3 is 29.8 Å². The molecule has 12 atom stereocenters. The van der Waals surface area contributed by atoms with Crippen LogP contribution >= 0.6 is 0 Å². The number of hydrogen-bond acceptors (Lipinski definition) is 13. The van der Waals surface area contributed by atoms with Gasteiger partial charge in [-0.2, -0.15) is 0 Å². The number of nitrogens with zero attached hydrogens (tertiary/aromatic N) is 2. The third-order valence-electron chi connectivity index (χ3n) is 24.7. The summed E-state index contributed by atoms with van der Waals surface area (Å²) in [6.07, 6.45) is 44.3. The van der Waals surface area contributed by atoms with Gasteiger partial charge < -0.3 is 33.9 Å². The molecule has 588 valence electrons. The van der Waals surface area contributed by atoms with Crippen LogP contribution < -0.4 is 0 Å². The summed E-state index contributed by atoms with van der Waals surface area (Å²) in [4.78, 5) is 109. The summed E-state index contributed by atoms with van der Waals surface area (Å²) in [7, 11) is 1.86. The summed E-state index contributed by atoms with van der Waals surface area (Å²) >= 11 is 0. The second-order valence-corrected chi connectivity index (χ2v) is 33.8. The zero-order valence-corrected chi connectivity index (χ0v) is 67.1. The standard InChI is InChI=1S/C87H152N2O13/c1-12-16-20-24-31-43-69(42-29-22-18-14-3)78(91)48-33-26-27-34-50-81(95)100-65-74(102-82(96)51-35-28-36-59-99-85(98)70(44-30-23-19-15-4)45-32-25-21-17-13-2)62-88(11)58-39-47-72(90)46-38-49-79(92)89(63-80(93)94)64-83(97)101-73-54-56-86(9)71(61-73)52-53-75-76(86)55-57-87(10)77(60-68(8)84(75)87)67(7)41-37-40-66(5)6/h52,66-70,73-77,84H,12-51,53-65H2,1-11H3,(H,93,94)/t67-,68?,69?,70?,73?,74?,75?,76?,77?,84?,86?,87-/m1/s1. The van der Waals surface area contributed by atoms with Crippen molar-refractivity contribution in [2.45, 2.75) is 383 Å². The Hall–Kier alpha value is -4.14. The second kappa shape index (κ2) is 51.2. The number of fused-ring (bicyclic) bond motifs is 5. The molecule has 0 heterocycles. The Balaban J connectivity index is 1.23. The van der Waals surface area contributed by atoms with Gasteiger partial charge in [-0.25, -0.2) is 0 Å². The molecule has 3 fully saturated rings. The summed E-state index contributed by atoms with van der Waals surface area (Å²) < 4.78 is 23.6. The molecule has 1 amide bonds. The molecule has 0 radical (unpaired) electrons. The highest BCUT2D eigenvalue weighted by Gasteiger charge is 2.61. The van der Waals surface area contributed by atoms with E-state index in [1.165, 1.54) is 115 Å². The zero-order valence-electron chi connectivity index (χ0n) is 67.1. The van der Waals surface area contributed by atoms with Crippen molar-refractivity contribution in [2.24, 2.45) is 64.1 Å². The van der Waals surface area contributed by atoms with E-state index in [4.69, 9.17) is 18.9 Å². The van der Waals surface area contributed by atoms with E-state index in [0.29, 0.717) is 87.0 Å². The largest absolute Gasteiger partial charge is 0.480 e. The molecular weight excluding hydrogens is 1280 g/mol. The van der Waals surface area contributed by atoms with E-state index < -0.39 is 43.0 Å². The van der Waals surface area contributed by atoms with Gasteiger partial charge in [0.2, 0.25) is 5.91 Å². The van der Waals surface area contributed by atoms with Crippen LogP contribution in [0, 0.1) is 64.1 Å². The Morgan fingerprint density at radius 1 is 0.578 bits per heavy atom. The number of carbonyl (C=O) groups is 8. The van der Waals surface area contributed by atoms with E-state index in [-0.39, 0.29) is 92.8 Å². The number of carbonyl (C=O) groups excluding carboxylic acids is 7. The number of allylic oxidation sites excluding steroid dienone is 1. The van der Waals surface area contributed by atoms with E-state index in [2.05, 4.69) is 75.3 Å². The quantitative estimate of drug-likeness (QED) is 0.0261. The predicted octanol–water partition coefficient (Wildman–Crippen LogP) is 20.9. The number of esters is 4. The highest BCUT2D eigenvalue weighted by Crippen LogP contribution is 2.69. The number of aliphatic carboxylic acids is 1. The van der Waals surface area contributed by atoms with Gasteiger partial charge in [0.05, 0.1) is 12.5 Å². The molecule has 0 spiro atoms. The Kier molecular flexibility index (Phi) is 45.3. The molecule has 0 aromatic carbocycles. The van der Waals surface area contributed by atoms with Crippen molar-refractivity contribution in [1.82, 2.24) is 9.80 Å². The Labute approximate surface area is 621 Å². The third-order valence-corrected chi connectivity index (χ3v) is 24.7. The first-order valence-electron chi connectivity index (χ1n) is 42.6. The van der Waals surface area contributed by atoms with Gasteiger partial charge in [0, 0.05) is 57.4 Å². The van der Waals surface area contributed by atoms with Gasteiger partial charge in [0.15, 0.2) is 0 Å². The van der Waals surface area contributed by atoms with Crippen LogP contribution in [-0.2, 0) is 57.3 Å². The van der Waals surface area contributed by atoms with Gasteiger partial charge in [-0.1, -0.05) is 229 Å². The number of Topliss-reactive ketones (excluding diaryl/α,β-unsaturated/α-hetero) is 2. The summed E-state index contributed by atoms with van der Waals surface area (Å²) in [5, 5.41) is 9.81. The molecule has 0 aliphatic heterocycles. The minimum atomic E-state index is -1.23. The third kappa shape index (κ3) is 33.8. The van der Waals surface area contributed by atoms with Crippen molar-refractivity contribution in [1.29, 1.82) is 0 Å². The monoisotopic (exact) mass is 1430 g/mol. The van der Waals surface area contributed by atoms with Crippen LogP contribution in [0.25, 0.3) is 0 Å². The highest BCUT2D eigenvalue weighted by molar-refractivity contribution is 5.86. The van der Waals surface area contributed by atoms with Crippen LogP contribution in [0.15, 0.2) is 11.6 Å². The Morgan fingerprint density at radius 2 is 1.15 bits per heavy atom. The first-order valence-corrected chi connectivity index (χ1v) is 42.6. The van der Waals surface area contributed by atoms with Gasteiger partial charge in [-0.05, 0) is 175 Å². The number of likely N-dealkylation sites (N-methyl/N-ethyl adjacent to an activating group) is 1. The lowest BCUT2D eigenvalue weighted by molar-refractivity contribution is -0.160. The molecule has 3 saturated carbocycles. The van der Waals surface area contributed by atoms with Crippen molar-refractivity contribution < 1.29 is 62.4 Å². The lowest BCUT2D eigenvalue weighted by Crippen LogP contribution is -2.52. The molecule has 0 saturated heterocycles. The molecule has 0 aromatic heterocycles. The lowest BCUT2D eigenvalue weighted by atomic mass is 9.46. The number of ketones is 2. The molecule has 102 heavy (non-hydrogen) atoms. The SMILES string of the molecule is CCCCCCCC(CCCCCC)C(=O)CCCCCCC(=O)OCC(CN(C)CCCC(=O)CCCC(=O)N(CC(=O)O)CC(=O)OC1CCC2(C)C(=CCC3C2CC[C@@]2(C)C3C(C)CC2[C@H](C)CCCC(C)C)C1)OC(=O)CCCCCOC(=O)C(CCCCCC)CCCCCCC. The first kappa shape index (κ1) is 90.3. The number of hydrogen-bond donors (Lipinski definition) is 1. The highest BCUT2D eigenvalue weighted by atomic mass is 16.6. The molecule has 4 aliphatic rings. The summed E-state index contributed by atoms with van der Waals surface area (Å²) in [6.45, 7) is 23.5. The van der Waals surface area contributed by atoms with Crippen LogP contribution in [0.4, 0.5) is 0 Å². The van der Waals surface area contributed by atoms with Gasteiger partial charge in [-0.15, -0.1) is 0 Å². The molecule has 4 aliphatic carbocycles. The molecule has 4 rings (SSSR count). The fraction of sp³-hybridized carbons (Fsp3) is 0.885. The maximum Gasteiger partial charge on any atom is 0.325 e. The van der Waals surface area contributed by atoms with Crippen LogP contribution in [0.1, 0.15) is 371 Å². The normalized spacial score (nSPS) is 22.7. The minimum absolute atomic E-state index is 0.0483. The number of ether oxygens (including phenoxy) is 4. The van der Waals surface area contributed by atoms with Crippen molar-refractivity contribution in [2.75, 3.05) is 46.4 Å². The topological polar surface area (TPSA) is 200 Å². The van der Waals surface area contributed by atoms with Crippen molar-refractivity contribution in [3.63, 3.8) is 0 Å². The van der Waals surface area contributed by atoms with Gasteiger partial charge in [0.25, 0.3) is 0 Å². The maximum atomic E-state index is 13.6. The smallest absolute Gasteiger partial charge is 0.325 e. The van der Waals surface area contributed by atoms with E-state index in [0.717, 1.165) is 138 Å². The molecule has 15 nitrogen and oxygen atoms in total. The molecular formula is C87H152N2O13. The predicted molar refractivity (Wildman–Crippen MR) is 412 cm³/mol. The molecule has 10 unspecified atom stereocenters. The summed E-state index contributed by atoms with van der Waals surface area (Å²) in [6, 6.07) is 0. The summed E-state index contributed by atoms with van der Waals surface area (Å²) in [5.74, 6) is 2.20. The fourth-order valence-corrected chi connectivity index (χ4v) is 18.8. The Morgan fingerprint density at radius 3 is 1.76 bits per heavy atom. The van der Waals surface area contributed by atoms with E-state index in [1.807, 2.05) is 11.9 Å². The van der Waals surface area contributed by atoms with E-state index >= 15 is 0 Å². The molecule has 15 heteroatoms. The number of rotatable bonds is 60. The van der Waals surface area contributed by atoms with Gasteiger partial charge in [-0.3, -0.25) is 38.4 Å². The van der Waals surface area contributed by atoms with Crippen LogP contribution in [0.3, 0.4) is 0 Å². The zero-order chi connectivity index (χ0) is 74.7. The van der Waals surface area contributed by atoms with E-state index in [1.54, 1.807) is 0 Å². The van der Waals surface area contributed by atoms with E-state index in [9.17, 15) is 43.5 Å². The lowest BCUT2D eigenvalue weighted by Gasteiger charge is -2.59. The molecule has 0 bridgehead atoms.